The Morgan fingerprint density at radius 2 is 2.12 bits per heavy atom. The van der Waals surface area contributed by atoms with Crippen LogP contribution in [0.1, 0.15) is 26.7 Å². The van der Waals surface area contributed by atoms with Crippen molar-refractivity contribution < 1.29 is 24.2 Å². The molecule has 2 amide bonds. The zero-order valence-electron chi connectivity index (χ0n) is 15.8. The molecule has 0 spiro atoms. The van der Waals surface area contributed by atoms with Gasteiger partial charge in [0, 0.05) is 19.0 Å². The predicted octanol–water partition coefficient (Wildman–Crippen LogP) is 1.58. The molecule has 1 heterocycles. The molecule has 3 atom stereocenters. The van der Waals surface area contributed by atoms with E-state index in [0.717, 1.165) is 6.42 Å². The quantitative estimate of drug-likeness (QED) is 0.731. The number of carbonyl (C=O) groups is 2. The number of amides is 2. The molecular formula is C19H28N2O5. The van der Waals surface area contributed by atoms with Gasteiger partial charge in [-0.2, -0.15) is 0 Å². The number of hydrogen-bond acceptors (Lipinski definition) is 5. The van der Waals surface area contributed by atoms with E-state index in [0.29, 0.717) is 17.2 Å². The molecule has 26 heavy (non-hydrogen) atoms. The van der Waals surface area contributed by atoms with Crippen molar-refractivity contribution in [2.75, 3.05) is 32.3 Å². The van der Waals surface area contributed by atoms with Gasteiger partial charge < -0.3 is 24.8 Å². The molecule has 2 N–H and O–H groups in total. The first-order valence-electron chi connectivity index (χ1n) is 8.88. The van der Waals surface area contributed by atoms with Gasteiger partial charge in [0.25, 0.3) is 0 Å². The molecule has 144 valence electrons. The van der Waals surface area contributed by atoms with Gasteiger partial charge in [-0.3, -0.25) is 9.59 Å². The van der Waals surface area contributed by atoms with Crippen LogP contribution in [0.2, 0.25) is 0 Å². The maximum absolute atomic E-state index is 12.6. The van der Waals surface area contributed by atoms with Gasteiger partial charge in [-0.05, 0) is 18.1 Å². The maximum Gasteiger partial charge on any atom is 0.227 e. The molecule has 7 heteroatoms. The Bertz CT molecular complexity index is 649. The van der Waals surface area contributed by atoms with Gasteiger partial charge >= 0.3 is 0 Å². The van der Waals surface area contributed by atoms with Crippen molar-refractivity contribution in [2.24, 2.45) is 11.8 Å². The molecule has 0 bridgehead atoms. The van der Waals surface area contributed by atoms with E-state index >= 15 is 0 Å². The third kappa shape index (κ3) is 4.27. The van der Waals surface area contributed by atoms with E-state index in [1.165, 1.54) is 7.11 Å². The molecule has 0 aromatic heterocycles. The summed E-state index contributed by atoms with van der Waals surface area (Å²) < 4.78 is 10.5. The van der Waals surface area contributed by atoms with Crippen molar-refractivity contribution in [3.63, 3.8) is 0 Å². The average Bonchev–Trinajstić information content (AvgIpc) is 3.06. The summed E-state index contributed by atoms with van der Waals surface area (Å²) in [6.45, 7) is 4.16. The fourth-order valence-corrected chi connectivity index (χ4v) is 3.08. The largest absolute Gasteiger partial charge is 0.497 e. The minimum Gasteiger partial charge on any atom is -0.497 e. The van der Waals surface area contributed by atoms with Crippen LogP contribution in [0.15, 0.2) is 18.2 Å². The zero-order valence-corrected chi connectivity index (χ0v) is 15.8. The van der Waals surface area contributed by atoms with Crippen LogP contribution in [-0.2, 0) is 9.59 Å². The standard InChI is InChI=1S/C19H28N2O5/c1-5-12(2)15(11-22)20-19(24)13-8-18(23)21(10-13)16-7-6-14(25-3)9-17(16)26-4/h6-7,9,12-13,15,22H,5,8,10-11H2,1-4H3,(H,20,24)/t12-,13+,15-/m0/s1. The molecule has 7 nitrogen and oxygen atoms in total. The molecule has 0 unspecified atom stereocenters. The first-order valence-corrected chi connectivity index (χ1v) is 8.88. The molecule has 0 aliphatic carbocycles. The lowest BCUT2D eigenvalue weighted by atomic mass is 9.98. The Kier molecular flexibility index (Phi) is 6.85. The summed E-state index contributed by atoms with van der Waals surface area (Å²) in [5, 5.41) is 12.4. The Morgan fingerprint density at radius 1 is 1.38 bits per heavy atom. The predicted molar refractivity (Wildman–Crippen MR) is 98.5 cm³/mol. The Hall–Kier alpha value is -2.28. The van der Waals surface area contributed by atoms with E-state index in [9.17, 15) is 14.7 Å². The monoisotopic (exact) mass is 364 g/mol. The van der Waals surface area contributed by atoms with E-state index in [4.69, 9.17) is 9.47 Å². The van der Waals surface area contributed by atoms with Crippen LogP contribution in [0.25, 0.3) is 0 Å². The number of benzene rings is 1. The molecule has 1 aromatic carbocycles. The van der Waals surface area contributed by atoms with E-state index in [1.54, 1.807) is 30.2 Å². The van der Waals surface area contributed by atoms with Crippen molar-refractivity contribution in [3.05, 3.63) is 18.2 Å². The molecule has 1 saturated heterocycles. The lowest BCUT2D eigenvalue weighted by Crippen LogP contribution is -2.45. The van der Waals surface area contributed by atoms with Crippen LogP contribution in [0.4, 0.5) is 5.69 Å². The highest BCUT2D eigenvalue weighted by Crippen LogP contribution is 2.35. The second kappa shape index (κ2) is 8.89. The van der Waals surface area contributed by atoms with Crippen molar-refractivity contribution in [3.8, 4) is 11.5 Å². The van der Waals surface area contributed by atoms with E-state index < -0.39 is 5.92 Å². The topological polar surface area (TPSA) is 88.1 Å². The Morgan fingerprint density at radius 3 is 2.69 bits per heavy atom. The highest BCUT2D eigenvalue weighted by Gasteiger charge is 2.37. The lowest BCUT2D eigenvalue weighted by Gasteiger charge is -2.24. The molecule has 1 aromatic rings. The van der Waals surface area contributed by atoms with Crippen LogP contribution in [0.5, 0.6) is 11.5 Å². The van der Waals surface area contributed by atoms with Gasteiger partial charge in [0.05, 0.1) is 38.5 Å². The van der Waals surface area contributed by atoms with Crippen LogP contribution in [-0.4, -0.2) is 50.3 Å². The van der Waals surface area contributed by atoms with Gasteiger partial charge in [-0.1, -0.05) is 20.3 Å². The number of carbonyl (C=O) groups excluding carboxylic acids is 2. The summed E-state index contributed by atoms with van der Waals surface area (Å²) in [5.41, 5.74) is 0.620. The minimum atomic E-state index is -0.451. The molecule has 1 fully saturated rings. The highest BCUT2D eigenvalue weighted by molar-refractivity contribution is 6.01. The summed E-state index contributed by atoms with van der Waals surface area (Å²) in [6.07, 6.45) is 0.990. The number of nitrogens with zero attached hydrogens (tertiary/aromatic N) is 1. The summed E-state index contributed by atoms with van der Waals surface area (Å²) in [4.78, 5) is 26.6. The minimum absolute atomic E-state index is 0.114. The van der Waals surface area contributed by atoms with Crippen LogP contribution in [0.3, 0.4) is 0 Å². The van der Waals surface area contributed by atoms with Crippen molar-refractivity contribution in [1.82, 2.24) is 5.32 Å². The number of nitrogens with one attached hydrogen (secondary N) is 1. The average molecular weight is 364 g/mol. The van der Waals surface area contributed by atoms with Crippen molar-refractivity contribution in [2.45, 2.75) is 32.7 Å². The van der Waals surface area contributed by atoms with Gasteiger partial charge in [0.1, 0.15) is 11.5 Å². The third-order valence-electron chi connectivity index (χ3n) is 5.03. The first-order chi connectivity index (χ1) is 12.4. The second-order valence-electron chi connectivity index (χ2n) is 6.63. The van der Waals surface area contributed by atoms with Gasteiger partial charge in [-0.15, -0.1) is 0 Å². The zero-order chi connectivity index (χ0) is 19.3. The molecule has 0 radical (unpaired) electrons. The third-order valence-corrected chi connectivity index (χ3v) is 5.03. The SMILES string of the molecule is CC[C@H](C)[C@H](CO)NC(=O)[C@@H]1CC(=O)N(c2ccc(OC)cc2OC)C1. The second-order valence-corrected chi connectivity index (χ2v) is 6.63. The number of aliphatic hydroxyl groups is 1. The molecule has 2 rings (SSSR count). The normalized spacial score (nSPS) is 19.2. The number of rotatable bonds is 8. The fraction of sp³-hybridized carbons (Fsp3) is 0.579. The van der Waals surface area contributed by atoms with Gasteiger partial charge in [-0.25, -0.2) is 0 Å². The van der Waals surface area contributed by atoms with Crippen LogP contribution < -0.4 is 19.7 Å². The van der Waals surface area contributed by atoms with Crippen LogP contribution >= 0.6 is 0 Å². The van der Waals surface area contributed by atoms with E-state index in [1.807, 2.05) is 13.8 Å². The maximum atomic E-state index is 12.6. The number of anilines is 1. The van der Waals surface area contributed by atoms with E-state index in [-0.39, 0.29) is 43.3 Å². The number of aliphatic hydroxyl groups excluding tert-OH is 1. The van der Waals surface area contributed by atoms with Crippen LogP contribution in [0, 0.1) is 11.8 Å². The van der Waals surface area contributed by atoms with Crippen molar-refractivity contribution >= 4 is 17.5 Å². The van der Waals surface area contributed by atoms with Gasteiger partial charge in [0.2, 0.25) is 11.8 Å². The summed E-state index contributed by atoms with van der Waals surface area (Å²) in [5.74, 6) is 0.536. The van der Waals surface area contributed by atoms with E-state index in [2.05, 4.69) is 5.32 Å². The number of methoxy groups -OCH3 is 2. The fourth-order valence-electron chi connectivity index (χ4n) is 3.08. The molecule has 1 aliphatic rings. The van der Waals surface area contributed by atoms with Gasteiger partial charge in [0.15, 0.2) is 0 Å². The smallest absolute Gasteiger partial charge is 0.227 e. The van der Waals surface area contributed by atoms with Crippen molar-refractivity contribution in [1.29, 1.82) is 0 Å². The first kappa shape index (κ1) is 20.0. The molecule has 1 aliphatic heterocycles. The lowest BCUT2D eigenvalue weighted by molar-refractivity contribution is -0.127. The summed E-state index contributed by atoms with van der Waals surface area (Å²) >= 11 is 0. The number of hydrogen-bond donors (Lipinski definition) is 2. The molecule has 0 saturated carbocycles. The molecular weight excluding hydrogens is 336 g/mol. The Balaban J connectivity index is 2.12. The Labute approximate surface area is 154 Å². The number of ether oxygens (including phenoxy) is 2. The highest BCUT2D eigenvalue weighted by atomic mass is 16.5. The summed E-state index contributed by atoms with van der Waals surface area (Å²) in [7, 11) is 3.09. The summed E-state index contributed by atoms with van der Waals surface area (Å²) in [6, 6.07) is 4.92.